The van der Waals surface area contributed by atoms with E-state index in [2.05, 4.69) is 22.7 Å². The molecule has 21 heavy (non-hydrogen) atoms. The smallest absolute Gasteiger partial charge is 0.263 e. The molecule has 2 aromatic rings. The number of rotatable bonds is 3. The molecule has 0 radical (unpaired) electrons. The molecule has 0 atom stereocenters. The number of aromatic nitrogens is 1. The molecule has 6 nitrogen and oxygen atoms in total. The topological polar surface area (TPSA) is 92.6 Å². The first-order chi connectivity index (χ1) is 9.97. The fourth-order valence-corrected chi connectivity index (χ4v) is 2.27. The average molecular weight is 304 g/mol. The van der Waals surface area contributed by atoms with Crippen molar-refractivity contribution in [1.29, 1.82) is 0 Å². The van der Waals surface area contributed by atoms with Crippen LogP contribution in [0.2, 0.25) is 0 Å². The first kappa shape index (κ1) is 15.0. The Morgan fingerprint density at radius 1 is 1.48 bits per heavy atom. The van der Waals surface area contributed by atoms with Gasteiger partial charge in [0.2, 0.25) is 0 Å². The van der Waals surface area contributed by atoms with Crippen molar-refractivity contribution in [3.63, 3.8) is 0 Å². The zero-order chi connectivity index (χ0) is 15.6. The summed E-state index contributed by atoms with van der Waals surface area (Å²) in [6.45, 7) is 3.97. The molecule has 1 aromatic heterocycles. The summed E-state index contributed by atoms with van der Waals surface area (Å²) in [6, 6.07) is 7.18. The van der Waals surface area contributed by atoms with Crippen molar-refractivity contribution in [1.82, 2.24) is 9.99 Å². The third-order valence-corrected chi connectivity index (χ3v) is 3.25. The van der Waals surface area contributed by atoms with Crippen molar-refractivity contribution in [2.45, 2.75) is 20.4 Å². The zero-order valence-corrected chi connectivity index (χ0v) is 12.6. The van der Waals surface area contributed by atoms with Gasteiger partial charge in [0.25, 0.3) is 5.56 Å². The van der Waals surface area contributed by atoms with Crippen molar-refractivity contribution < 1.29 is 5.11 Å². The van der Waals surface area contributed by atoms with E-state index in [9.17, 15) is 9.90 Å². The monoisotopic (exact) mass is 304 g/mol. The van der Waals surface area contributed by atoms with Crippen molar-refractivity contribution >= 4 is 33.9 Å². The van der Waals surface area contributed by atoms with Crippen molar-refractivity contribution in [3.8, 4) is 5.75 Å². The van der Waals surface area contributed by atoms with Gasteiger partial charge in [-0.05, 0) is 38.2 Å². The molecule has 0 fully saturated rings. The molecule has 0 unspecified atom stereocenters. The highest BCUT2D eigenvalue weighted by Gasteiger charge is 2.17. The van der Waals surface area contributed by atoms with Gasteiger partial charge in [-0.25, -0.2) is 0 Å². The van der Waals surface area contributed by atoms with E-state index in [0.29, 0.717) is 23.2 Å². The molecular weight excluding hydrogens is 288 g/mol. The lowest BCUT2D eigenvalue weighted by Crippen LogP contribution is -2.29. The lowest BCUT2D eigenvalue weighted by molar-refractivity contribution is 0.477. The maximum absolute atomic E-state index is 12.6. The second kappa shape index (κ2) is 5.92. The SMILES string of the molecule is CCn1c(=O)c(/C(C)=N\NC(N)=S)c(O)c2ccccc21. The molecule has 1 aromatic carbocycles. The second-order valence-electron chi connectivity index (χ2n) is 4.46. The molecule has 2 rings (SSSR count). The van der Waals surface area contributed by atoms with Gasteiger partial charge >= 0.3 is 0 Å². The molecule has 0 aliphatic carbocycles. The van der Waals surface area contributed by atoms with E-state index in [1.165, 1.54) is 0 Å². The third-order valence-electron chi connectivity index (χ3n) is 3.16. The standard InChI is InChI=1S/C14H16N4O2S/c1-3-18-10-7-5-4-6-9(10)12(19)11(13(18)20)8(2)16-17-14(15)21/h4-7,19H,3H2,1-2H3,(H3,15,17,21)/b16-8-. The largest absolute Gasteiger partial charge is 0.506 e. The van der Waals surface area contributed by atoms with Crippen LogP contribution in [0.4, 0.5) is 0 Å². The van der Waals surface area contributed by atoms with Crippen LogP contribution in [0, 0.1) is 0 Å². The van der Waals surface area contributed by atoms with E-state index in [1.54, 1.807) is 29.7 Å². The molecule has 0 bridgehead atoms. The van der Waals surface area contributed by atoms with Gasteiger partial charge in [-0.1, -0.05) is 12.1 Å². The highest BCUT2D eigenvalue weighted by molar-refractivity contribution is 7.80. The van der Waals surface area contributed by atoms with Crippen LogP contribution in [0.25, 0.3) is 10.9 Å². The first-order valence-corrected chi connectivity index (χ1v) is 6.82. The van der Waals surface area contributed by atoms with E-state index in [4.69, 9.17) is 5.73 Å². The Labute approximate surface area is 126 Å². The predicted octanol–water partition coefficient (Wildman–Crippen LogP) is 1.28. The minimum absolute atomic E-state index is 0.00885. The second-order valence-corrected chi connectivity index (χ2v) is 4.90. The van der Waals surface area contributed by atoms with Crippen LogP contribution in [-0.2, 0) is 6.54 Å². The number of para-hydroxylation sites is 1. The highest BCUT2D eigenvalue weighted by Crippen LogP contribution is 2.26. The molecule has 0 spiro atoms. The Morgan fingerprint density at radius 2 is 2.14 bits per heavy atom. The minimum Gasteiger partial charge on any atom is -0.506 e. The number of hydrogen-bond donors (Lipinski definition) is 3. The van der Waals surface area contributed by atoms with Gasteiger partial charge in [0, 0.05) is 11.9 Å². The van der Waals surface area contributed by atoms with Gasteiger partial charge in [0.05, 0.1) is 11.2 Å². The van der Waals surface area contributed by atoms with Gasteiger partial charge in [-0.2, -0.15) is 5.10 Å². The van der Waals surface area contributed by atoms with Crippen LogP contribution >= 0.6 is 12.2 Å². The van der Waals surface area contributed by atoms with E-state index in [0.717, 1.165) is 0 Å². The van der Waals surface area contributed by atoms with Crippen LogP contribution < -0.4 is 16.7 Å². The van der Waals surface area contributed by atoms with Gasteiger partial charge in [0.15, 0.2) is 5.11 Å². The Balaban J connectivity index is 2.78. The number of thiocarbonyl (C=S) groups is 1. The van der Waals surface area contributed by atoms with Crippen molar-refractivity contribution in [2.75, 3.05) is 0 Å². The normalized spacial score (nSPS) is 11.6. The average Bonchev–Trinajstić information content (AvgIpc) is 2.46. The Hall–Kier alpha value is -2.41. The summed E-state index contributed by atoms with van der Waals surface area (Å²) in [6.07, 6.45) is 0. The summed E-state index contributed by atoms with van der Waals surface area (Å²) in [5, 5.41) is 14.9. The fourth-order valence-electron chi connectivity index (χ4n) is 2.22. The quantitative estimate of drug-likeness (QED) is 0.451. The summed E-state index contributed by atoms with van der Waals surface area (Å²) in [5.41, 5.74) is 8.56. The Bertz CT molecular complexity index is 795. The van der Waals surface area contributed by atoms with Crippen molar-refractivity contribution in [3.05, 3.63) is 40.2 Å². The predicted molar refractivity (Wildman–Crippen MR) is 87.7 cm³/mol. The number of hydrogen-bond acceptors (Lipinski definition) is 4. The Morgan fingerprint density at radius 3 is 2.76 bits per heavy atom. The lowest BCUT2D eigenvalue weighted by atomic mass is 10.1. The number of nitrogens with one attached hydrogen (secondary N) is 1. The van der Waals surface area contributed by atoms with Crippen LogP contribution in [-0.4, -0.2) is 20.5 Å². The van der Waals surface area contributed by atoms with Crippen LogP contribution in [0.3, 0.4) is 0 Å². The zero-order valence-electron chi connectivity index (χ0n) is 11.8. The van der Waals surface area contributed by atoms with E-state index >= 15 is 0 Å². The summed E-state index contributed by atoms with van der Waals surface area (Å²) in [7, 11) is 0. The van der Waals surface area contributed by atoms with Crippen LogP contribution in [0.15, 0.2) is 34.2 Å². The molecule has 0 aliphatic rings. The molecule has 1 heterocycles. The summed E-state index contributed by atoms with van der Waals surface area (Å²) in [4.78, 5) is 12.6. The number of pyridine rings is 1. The fraction of sp³-hybridized carbons (Fsp3) is 0.214. The number of fused-ring (bicyclic) bond motifs is 1. The minimum atomic E-state index is -0.306. The number of nitrogens with two attached hydrogens (primary N) is 1. The summed E-state index contributed by atoms with van der Waals surface area (Å²) in [5.74, 6) is -0.0914. The molecule has 4 N–H and O–H groups in total. The van der Waals surface area contributed by atoms with Crippen molar-refractivity contribution in [2.24, 2.45) is 10.8 Å². The number of nitrogens with zero attached hydrogens (tertiary/aromatic N) is 2. The van der Waals surface area contributed by atoms with E-state index in [-0.39, 0.29) is 22.0 Å². The van der Waals surface area contributed by atoms with Crippen LogP contribution in [0.1, 0.15) is 19.4 Å². The summed E-state index contributed by atoms with van der Waals surface area (Å²) < 4.78 is 1.59. The number of aryl methyl sites for hydroxylation is 1. The maximum atomic E-state index is 12.6. The maximum Gasteiger partial charge on any atom is 0.263 e. The molecule has 0 saturated carbocycles. The lowest BCUT2D eigenvalue weighted by Gasteiger charge is -2.13. The van der Waals surface area contributed by atoms with Gasteiger partial charge in [0.1, 0.15) is 11.3 Å². The summed E-state index contributed by atoms with van der Waals surface area (Å²) >= 11 is 4.67. The van der Waals surface area contributed by atoms with Gasteiger partial charge < -0.3 is 15.4 Å². The molecule has 0 saturated heterocycles. The number of benzene rings is 1. The third kappa shape index (κ3) is 2.73. The number of hydrazone groups is 1. The van der Waals surface area contributed by atoms with E-state index < -0.39 is 0 Å². The highest BCUT2D eigenvalue weighted by atomic mass is 32.1. The van der Waals surface area contributed by atoms with Gasteiger partial charge in [-0.3, -0.25) is 10.2 Å². The molecular formula is C14H16N4O2S. The molecule has 0 aliphatic heterocycles. The molecule has 110 valence electrons. The Kier molecular flexibility index (Phi) is 4.23. The van der Waals surface area contributed by atoms with Crippen LogP contribution in [0.5, 0.6) is 5.75 Å². The van der Waals surface area contributed by atoms with Gasteiger partial charge in [-0.15, -0.1) is 0 Å². The van der Waals surface area contributed by atoms with E-state index in [1.807, 2.05) is 13.0 Å². The first-order valence-electron chi connectivity index (χ1n) is 6.42. The number of aromatic hydroxyl groups is 1. The molecule has 0 amide bonds. The molecule has 7 heteroatoms.